The van der Waals surface area contributed by atoms with Gasteiger partial charge in [0.2, 0.25) is 0 Å². The SMILES string of the molecule is Cc1ccc([C@@H]2[NH2+]CC[C@@]3(O)CCCC[C@@H]23)cc1. The number of quaternary nitrogens is 1. The van der Waals surface area contributed by atoms with Gasteiger partial charge in [-0.2, -0.15) is 0 Å². The fraction of sp³-hybridized carbons (Fsp3) is 0.625. The molecule has 98 valence electrons. The molecule has 1 aliphatic carbocycles. The van der Waals surface area contributed by atoms with Crippen LogP contribution in [0.4, 0.5) is 0 Å². The lowest BCUT2D eigenvalue weighted by Crippen LogP contribution is -2.91. The van der Waals surface area contributed by atoms with Crippen molar-refractivity contribution in [2.75, 3.05) is 6.54 Å². The van der Waals surface area contributed by atoms with E-state index >= 15 is 0 Å². The van der Waals surface area contributed by atoms with Crippen molar-refractivity contribution in [1.82, 2.24) is 0 Å². The van der Waals surface area contributed by atoms with Gasteiger partial charge in [0, 0.05) is 17.9 Å². The summed E-state index contributed by atoms with van der Waals surface area (Å²) in [6.07, 6.45) is 5.65. The largest absolute Gasteiger partial charge is 0.389 e. The van der Waals surface area contributed by atoms with Crippen LogP contribution >= 0.6 is 0 Å². The van der Waals surface area contributed by atoms with E-state index in [0.717, 1.165) is 19.4 Å². The molecule has 1 aliphatic heterocycles. The molecule has 3 atom stereocenters. The number of aryl methyl sites for hydroxylation is 1. The zero-order valence-electron chi connectivity index (χ0n) is 11.2. The van der Waals surface area contributed by atoms with E-state index in [1.54, 1.807) is 0 Å². The molecule has 0 amide bonds. The third kappa shape index (κ3) is 2.08. The maximum Gasteiger partial charge on any atom is 0.117 e. The van der Waals surface area contributed by atoms with Crippen LogP contribution in [0.2, 0.25) is 0 Å². The van der Waals surface area contributed by atoms with Gasteiger partial charge in [0.1, 0.15) is 6.04 Å². The van der Waals surface area contributed by atoms with E-state index in [0.29, 0.717) is 12.0 Å². The third-order valence-electron chi connectivity index (χ3n) is 4.96. The molecule has 1 saturated heterocycles. The summed E-state index contributed by atoms with van der Waals surface area (Å²) in [5, 5.41) is 13.3. The van der Waals surface area contributed by atoms with Gasteiger partial charge in [-0.3, -0.25) is 0 Å². The zero-order valence-corrected chi connectivity index (χ0v) is 11.2. The second-order valence-corrected chi connectivity index (χ2v) is 6.17. The Morgan fingerprint density at radius 1 is 1.17 bits per heavy atom. The van der Waals surface area contributed by atoms with Crippen LogP contribution in [-0.2, 0) is 0 Å². The van der Waals surface area contributed by atoms with Crippen molar-refractivity contribution in [1.29, 1.82) is 0 Å². The van der Waals surface area contributed by atoms with Crippen LogP contribution in [0.3, 0.4) is 0 Å². The molecule has 2 nitrogen and oxygen atoms in total. The fourth-order valence-corrected chi connectivity index (χ4v) is 3.91. The predicted molar refractivity (Wildman–Crippen MR) is 72.2 cm³/mol. The first-order valence-corrected chi connectivity index (χ1v) is 7.31. The summed E-state index contributed by atoms with van der Waals surface area (Å²) in [6, 6.07) is 9.34. The molecule has 3 rings (SSSR count). The van der Waals surface area contributed by atoms with Crippen molar-refractivity contribution in [2.45, 2.75) is 50.7 Å². The van der Waals surface area contributed by atoms with Crippen molar-refractivity contribution in [3.8, 4) is 0 Å². The Kier molecular flexibility index (Phi) is 3.16. The Morgan fingerprint density at radius 2 is 1.94 bits per heavy atom. The monoisotopic (exact) mass is 246 g/mol. The van der Waals surface area contributed by atoms with Crippen molar-refractivity contribution >= 4 is 0 Å². The van der Waals surface area contributed by atoms with Crippen LogP contribution in [-0.4, -0.2) is 17.3 Å². The van der Waals surface area contributed by atoms with E-state index in [4.69, 9.17) is 0 Å². The Bertz CT molecular complexity index is 410. The summed E-state index contributed by atoms with van der Waals surface area (Å²) in [5.41, 5.74) is 2.32. The maximum absolute atomic E-state index is 10.9. The van der Waals surface area contributed by atoms with E-state index in [1.165, 1.54) is 30.4 Å². The fourth-order valence-electron chi connectivity index (χ4n) is 3.91. The highest BCUT2D eigenvalue weighted by Crippen LogP contribution is 2.43. The molecule has 0 aromatic heterocycles. The minimum absolute atomic E-state index is 0.386. The average molecular weight is 246 g/mol. The topological polar surface area (TPSA) is 36.8 Å². The minimum Gasteiger partial charge on any atom is -0.389 e. The smallest absolute Gasteiger partial charge is 0.117 e. The summed E-state index contributed by atoms with van der Waals surface area (Å²) in [5.74, 6) is 0.447. The number of nitrogens with two attached hydrogens (primary N) is 1. The Morgan fingerprint density at radius 3 is 2.72 bits per heavy atom. The van der Waals surface area contributed by atoms with Gasteiger partial charge >= 0.3 is 0 Å². The molecule has 0 spiro atoms. The van der Waals surface area contributed by atoms with Gasteiger partial charge in [-0.15, -0.1) is 0 Å². The molecule has 1 heterocycles. The second-order valence-electron chi connectivity index (χ2n) is 6.17. The van der Waals surface area contributed by atoms with Gasteiger partial charge < -0.3 is 10.4 Å². The molecule has 2 aliphatic rings. The molecule has 0 bridgehead atoms. The Balaban J connectivity index is 1.88. The first-order chi connectivity index (χ1) is 8.69. The van der Waals surface area contributed by atoms with E-state index in [9.17, 15) is 5.11 Å². The van der Waals surface area contributed by atoms with Crippen LogP contribution < -0.4 is 5.32 Å². The zero-order chi connectivity index (χ0) is 12.6. The molecule has 1 aromatic rings. The van der Waals surface area contributed by atoms with Gasteiger partial charge in [-0.05, 0) is 19.8 Å². The highest BCUT2D eigenvalue weighted by Gasteiger charge is 2.48. The molecule has 1 saturated carbocycles. The summed E-state index contributed by atoms with van der Waals surface area (Å²) in [7, 11) is 0. The highest BCUT2D eigenvalue weighted by atomic mass is 16.3. The number of rotatable bonds is 1. The van der Waals surface area contributed by atoms with Crippen molar-refractivity contribution in [2.24, 2.45) is 5.92 Å². The molecule has 0 radical (unpaired) electrons. The van der Waals surface area contributed by atoms with Gasteiger partial charge in [0.25, 0.3) is 0 Å². The average Bonchev–Trinajstić information content (AvgIpc) is 2.38. The lowest BCUT2D eigenvalue weighted by molar-refractivity contribution is -0.719. The second kappa shape index (κ2) is 4.67. The summed E-state index contributed by atoms with van der Waals surface area (Å²) < 4.78 is 0. The van der Waals surface area contributed by atoms with Gasteiger partial charge in [0.05, 0.1) is 12.1 Å². The lowest BCUT2D eigenvalue weighted by atomic mass is 9.67. The van der Waals surface area contributed by atoms with Crippen LogP contribution in [0.25, 0.3) is 0 Å². The van der Waals surface area contributed by atoms with Crippen LogP contribution in [0, 0.1) is 12.8 Å². The molecule has 2 fully saturated rings. The number of piperidine rings is 1. The van der Waals surface area contributed by atoms with Gasteiger partial charge in [-0.25, -0.2) is 0 Å². The van der Waals surface area contributed by atoms with Crippen molar-refractivity contribution in [3.63, 3.8) is 0 Å². The van der Waals surface area contributed by atoms with Crippen molar-refractivity contribution < 1.29 is 10.4 Å². The number of fused-ring (bicyclic) bond motifs is 1. The van der Waals surface area contributed by atoms with Crippen LogP contribution in [0.5, 0.6) is 0 Å². The van der Waals surface area contributed by atoms with E-state index in [2.05, 4.69) is 36.5 Å². The van der Waals surface area contributed by atoms with E-state index < -0.39 is 0 Å². The number of hydrogen-bond donors (Lipinski definition) is 2. The summed E-state index contributed by atoms with van der Waals surface area (Å²) in [6.45, 7) is 3.19. The standard InChI is InChI=1S/C16H23NO/c1-12-5-7-13(8-6-12)15-14-4-2-3-9-16(14,18)10-11-17-15/h5-8,14-15,17-18H,2-4,9-11H2,1H3/p+1/t14-,15-,16-/m0/s1. The first kappa shape index (κ1) is 12.2. The third-order valence-corrected chi connectivity index (χ3v) is 4.96. The van der Waals surface area contributed by atoms with E-state index in [1.807, 2.05) is 0 Å². The minimum atomic E-state index is -0.386. The molecular weight excluding hydrogens is 222 g/mol. The van der Waals surface area contributed by atoms with E-state index in [-0.39, 0.29) is 5.60 Å². The lowest BCUT2D eigenvalue weighted by Gasteiger charge is -2.46. The number of aliphatic hydroxyl groups is 1. The molecule has 18 heavy (non-hydrogen) atoms. The Labute approximate surface area is 109 Å². The van der Waals surface area contributed by atoms with Crippen LogP contribution in [0.1, 0.15) is 49.3 Å². The number of hydrogen-bond acceptors (Lipinski definition) is 1. The quantitative estimate of drug-likeness (QED) is 0.780. The summed E-state index contributed by atoms with van der Waals surface area (Å²) >= 11 is 0. The van der Waals surface area contributed by atoms with Crippen LogP contribution in [0.15, 0.2) is 24.3 Å². The molecular formula is C16H24NO+. The molecule has 0 unspecified atom stereocenters. The predicted octanol–water partition coefficient (Wildman–Crippen LogP) is 1.92. The Hall–Kier alpha value is -0.860. The molecule has 1 aromatic carbocycles. The van der Waals surface area contributed by atoms with Crippen molar-refractivity contribution in [3.05, 3.63) is 35.4 Å². The first-order valence-electron chi connectivity index (χ1n) is 7.31. The maximum atomic E-state index is 10.9. The molecule has 3 N–H and O–H groups in total. The normalized spacial score (nSPS) is 36.1. The summed E-state index contributed by atoms with van der Waals surface area (Å²) in [4.78, 5) is 0. The number of benzene rings is 1. The van der Waals surface area contributed by atoms with Gasteiger partial charge in [0.15, 0.2) is 0 Å². The molecule has 2 heteroatoms. The highest BCUT2D eigenvalue weighted by molar-refractivity contribution is 5.24. The van der Waals surface area contributed by atoms with Gasteiger partial charge in [-0.1, -0.05) is 42.7 Å².